The van der Waals surface area contributed by atoms with Gasteiger partial charge in [-0.3, -0.25) is 9.78 Å². The number of nitrogens with one attached hydrogen (secondary N) is 1. The highest BCUT2D eigenvalue weighted by Crippen LogP contribution is 2.19. The molecule has 0 aliphatic rings. The van der Waals surface area contributed by atoms with Crippen molar-refractivity contribution < 1.29 is 4.74 Å². The van der Waals surface area contributed by atoms with E-state index in [-0.39, 0.29) is 17.0 Å². The first-order chi connectivity index (χ1) is 11.2. The van der Waals surface area contributed by atoms with Crippen molar-refractivity contribution in [2.75, 3.05) is 7.11 Å². The molecule has 6 heteroatoms. The van der Waals surface area contributed by atoms with Gasteiger partial charge in [0.2, 0.25) is 0 Å². The van der Waals surface area contributed by atoms with Crippen molar-refractivity contribution in [1.82, 2.24) is 15.0 Å². The van der Waals surface area contributed by atoms with E-state index < -0.39 is 0 Å². The zero-order valence-electron chi connectivity index (χ0n) is 12.3. The number of methoxy groups -OCH3 is 1. The Balaban J connectivity index is 2.14. The van der Waals surface area contributed by atoms with Gasteiger partial charge in [-0.2, -0.15) is 5.26 Å². The lowest BCUT2D eigenvalue weighted by Crippen LogP contribution is -2.11. The van der Waals surface area contributed by atoms with Gasteiger partial charge in [0.1, 0.15) is 11.8 Å². The largest absolute Gasteiger partial charge is 0.497 e. The van der Waals surface area contributed by atoms with E-state index >= 15 is 0 Å². The van der Waals surface area contributed by atoms with Crippen LogP contribution in [0.25, 0.3) is 22.6 Å². The van der Waals surface area contributed by atoms with E-state index in [4.69, 9.17) is 4.74 Å². The summed E-state index contributed by atoms with van der Waals surface area (Å²) in [5.41, 5.74) is 1.25. The Morgan fingerprint density at radius 1 is 1.30 bits per heavy atom. The summed E-state index contributed by atoms with van der Waals surface area (Å²) < 4.78 is 5.10. The van der Waals surface area contributed by atoms with Gasteiger partial charge < -0.3 is 9.72 Å². The molecule has 3 rings (SSSR count). The van der Waals surface area contributed by atoms with Gasteiger partial charge in [-0.1, -0.05) is 0 Å². The molecule has 1 N–H and O–H groups in total. The summed E-state index contributed by atoms with van der Waals surface area (Å²) in [5.74, 6) is 0.803. The van der Waals surface area contributed by atoms with Gasteiger partial charge in [-0.25, -0.2) is 4.98 Å². The average molecular weight is 304 g/mol. The Morgan fingerprint density at radius 3 is 2.78 bits per heavy atom. The van der Waals surface area contributed by atoms with Gasteiger partial charge in [-0.05, 0) is 42.0 Å². The third-order valence-corrected chi connectivity index (χ3v) is 3.31. The Morgan fingerprint density at radius 2 is 2.09 bits per heavy atom. The number of aromatic amines is 1. The molecule has 23 heavy (non-hydrogen) atoms. The molecule has 0 saturated heterocycles. The number of pyridine rings is 1. The predicted molar refractivity (Wildman–Crippen MR) is 86.6 cm³/mol. The standard InChI is InChI=1S/C17H12N4O2/c1-23-13-2-3-15-14(9-13)17(22)21-16(20-15)12(10-18)8-11-4-6-19-7-5-11/h2-9H,1H3,(H,20,21,22). The lowest BCUT2D eigenvalue weighted by Gasteiger charge is -2.04. The number of aromatic nitrogens is 3. The maximum absolute atomic E-state index is 12.2. The molecular formula is C17H12N4O2. The summed E-state index contributed by atoms with van der Waals surface area (Å²) in [5, 5.41) is 9.78. The number of hydrogen-bond acceptors (Lipinski definition) is 5. The van der Waals surface area contributed by atoms with Crippen molar-refractivity contribution in [2.24, 2.45) is 0 Å². The Hall–Kier alpha value is -3.46. The highest BCUT2D eigenvalue weighted by atomic mass is 16.5. The van der Waals surface area contributed by atoms with Crippen molar-refractivity contribution in [3.05, 3.63) is 64.5 Å². The number of benzene rings is 1. The summed E-state index contributed by atoms with van der Waals surface area (Å²) in [6.45, 7) is 0. The molecule has 0 radical (unpaired) electrons. The summed E-state index contributed by atoms with van der Waals surface area (Å²) >= 11 is 0. The first-order valence-electron chi connectivity index (χ1n) is 6.81. The molecule has 0 bridgehead atoms. The van der Waals surface area contributed by atoms with Crippen molar-refractivity contribution in [1.29, 1.82) is 5.26 Å². The third-order valence-electron chi connectivity index (χ3n) is 3.31. The van der Waals surface area contributed by atoms with Gasteiger partial charge in [-0.15, -0.1) is 0 Å². The summed E-state index contributed by atoms with van der Waals surface area (Å²) in [7, 11) is 1.53. The van der Waals surface area contributed by atoms with Crippen LogP contribution in [0.4, 0.5) is 0 Å². The molecule has 0 amide bonds. The fraction of sp³-hybridized carbons (Fsp3) is 0.0588. The Labute approximate surface area is 131 Å². The zero-order chi connectivity index (χ0) is 16.2. The van der Waals surface area contributed by atoms with Crippen molar-refractivity contribution in [3.8, 4) is 11.8 Å². The van der Waals surface area contributed by atoms with E-state index in [2.05, 4.69) is 21.0 Å². The molecule has 0 aliphatic heterocycles. The quantitative estimate of drug-likeness (QED) is 0.750. The number of hydrogen-bond donors (Lipinski definition) is 1. The fourth-order valence-electron chi connectivity index (χ4n) is 2.15. The van der Waals surface area contributed by atoms with Crippen LogP contribution in [0.2, 0.25) is 0 Å². The topological polar surface area (TPSA) is 91.7 Å². The molecule has 1 aromatic carbocycles. The Bertz CT molecular complexity index is 985. The second-order valence-corrected chi connectivity index (χ2v) is 4.75. The lowest BCUT2D eigenvalue weighted by atomic mass is 10.1. The molecule has 112 valence electrons. The van der Waals surface area contributed by atoms with Gasteiger partial charge in [0.15, 0.2) is 5.82 Å². The van der Waals surface area contributed by atoms with Gasteiger partial charge in [0, 0.05) is 12.4 Å². The van der Waals surface area contributed by atoms with Gasteiger partial charge in [0.25, 0.3) is 5.56 Å². The molecule has 2 aromatic heterocycles. The minimum Gasteiger partial charge on any atom is -0.497 e. The second kappa shape index (κ2) is 6.12. The Kier molecular flexibility index (Phi) is 3.85. The van der Waals surface area contributed by atoms with E-state index in [1.165, 1.54) is 7.11 Å². The van der Waals surface area contributed by atoms with E-state index in [0.717, 1.165) is 5.56 Å². The van der Waals surface area contributed by atoms with Crippen LogP contribution in [0.3, 0.4) is 0 Å². The lowest BCUT2D eigenvalue weighted by molar-refractivity contribution is 0.415. The maximum atomic E-state index is 12.2. The minimum atomic E-state index is -0.320. The van der Waals surface area contributed by atoms with Crippen molar-refractivity contribution in [3.63, 3.8) is 0 Å². The van der Waals surface area contributed by atoms with Gasteiger partial charge >= 0.3 is 0 Å². The van der Waals surface area contributed by atoms with Crippen molar-refractivity contribution >= 4 is 22.6 Å². The number of nitrogens with zero attached hydrogens (tertiary/aromatic N) is 3. The normalized spacial score (nSPS) is 11.2. The molecule has 3 aromatic rings. The number of H-pyrrole nitrogens is 1. The summed E-state index contributed by atoms with van der Waals surface area (Å²) in [6.07, 6.45) is 4.91. The highest BCUT2D eigenvalue weighted by molar-refractivity contribution is 5.89. The SMILES string of the molecule is COc1ccc2nc(C(C#N)=Cc3ccncc3)[nH]c(=O)c2c1. The highest BCUT2D eigenvalue weighted by Gasteiger charge is 2.09. The molecule has 0 aliphatic carbocycles. The number of nitriles is 1. The van der Waals surface area contributed by atoms with E-state index in [9.17, 15) is 10.1 Å². The number of allylic oxidation sites excluding steroid dienone is 1. The first kappa shape index (κ1) is 14.5. The van der Waals surface area contributed by atoms with Crippen LogP contribution in [0.15, 0.2) is 47.5 Å². The van der Waals surface area contributed by atoms with Crippen LogP contribution in [0, 0.1) is 11.3 Å². The van der Waals surface area contributed by atoms with Crippen LogP contribution in [0.1, 0.15) is 11.4 Å². The first-order valence-corrected chi connectivity index (χ1v) is 6.81. The number of rotatable bonds is 3. The fourth-order valence-corrected chi connectivity index (χ4v) is 2.15. The van der Waals surface area contributed by atoms with Crippen LogP contribution in [-0.4, -0.2) is 22.1 Å². The predicted octanol–water partition coefficient (Wildman–Crippen LogP) is 2.39. The van der Waals surface area contributed by atoms with E-state index in [1.807, 2.05) is 0 Å². The zero-order valence-corrected chi connectivity index (χ0v) is 12.3. The molecular weight excluding hydrogens is 292 g/mol. The van der Waals surface area contributed by atoms with Crippen molar-refractivity contribution in [2.45, 2.75) is 0 Å². The van der Waals surface area contributed by atoms with Crippen LogP contribution in [0.5, 0.6) is 5.75 Å². The minimum absolute atomic E-state index is 0.229. The molecule has 0 spiro atoms. The number of ether oxygens (including phenoxy) is 1. The maximum Gasteiger partial charge on any atom is 0.259 e. The monoisotopic (exact) mass is 304 g/mol. The van der Waals surface area contributed by atoms with Crippen LogP contribution >= 0.6 is 0 Å². The molecule has 0 fully saturated rings. The molecule has 0 saturated carbocycles. The van der Waals surface area contributed by atoms with Gasteiger partial charge in [0.05, 0.1) is 23.6 Å². The van der Waals surface area contributed by atoms with E-state index in [0.29, 0.717) is 16.7 Å². The smallest absolute Gasteiger partial charge is 0.259 e. The summed E-state index contributed by atoms with van der Waals surface area (Å²) in [6, 6.07) is 10.6. The molecule has 2 heterocycles. The second-order valence-electron chi connectivity index (χ2n) is 4.75. The third kappa shape index (κ3) is 2.94. The molecule has 6 nitrogen and oxygen atoms in total. The molecule has 0 atom stereocenters. The molecule has 0 unspecified atom stereocenters. The summed E-state index contributed by atoms with van der Waals surface area (Å²) in [4.78, 5) is 23.2. The van der Waals surface area contributed by atoms with Crippen LogP contribution in [-0.2, 0) is 0 Å². The number of fused-ring (bicyclic) bond motifs is 1. The average Bonchev–Trinajstić information content (AvgIpc) is 2.60. The van der Waals surface area contributed by atoms with E-state index in [1.54, 1.807) is 48.8 Å². The van der Waals surface area contributed by atoms with Crippen LogP contribution < -0.4 is 10.3 Å².